The Kier molecular flexibility index (Phi) is 3.63. The first-order valence-corrected chi connectivity index (χ1v) is 6.34. The van der Waals surface area contributed by atoms with Gasteiger partial charge < -0.3 is 9.73 Å². The molecular weight excluding hydrogens is 352 g/mol. The average Bonchev–Trinajstić information content (AvgIpc) is 2.69. The molecule has 0 unspecified atom stereocenters. The highest BCUT2D eigenvalue weighted by Crippen LogP contribution is 2.19. The van der Waals surface area contributed by atoms with Crippen molar-refractivity contribution in [3.63, 3.8) is 0 Å². The number of pyridine rings is 1. The molecule has 0 fully saturated rings. The number of carbonyl (C=O) groups excluding carboxylic acids is 1. The molecule has 0 aliphatic heterocycles. The van der Waals surface area contributed by atoms with Gasteiger partial charge in [0.25, 0.3) is 5.91 Å². The predicted molar refractivity (Wildman–Crippen MR) is 71.0 cm³/mol. The maximum atomic E-state index is 11.8. The fraction of sp³-hybridized carbons (Fsp3) is 0.0909. The Morgan fingerprint density at radius 3 is 2.65 bits per heavy atom. The summed E-state index contributed by atoms with van der Waals surface area (Å²) in [5.41, 5.74) is 1.39. The molecule has 0 radical (unpaired) electrons. The van der Waals surface area contributed by atoms with E-state index in [9.17, 15) is 4.79 Å². The summed E-state index contributed by atoms with van der Waals surface area (Å²) in [6.07, 6.45) is 0. The molecule has 2 rings (SSSR count). The maximum absolute atomic E-state index is 11.8. The van der Waals surface area contributed by atoms with Crippen molar-refractivity contribution in [3.8, 4) is 0 Å². The van der Waals surface area contributed by atoms with Gasteiger partial charge >= 0.3 is 0 Å². The van der Waals surface area contributed by atoms with Crippen LogP contribution in [0.5, 0.6) is 0 Å². The highest BCUT2D eigenvalue weighted by atomic mass is 79.9. The third-order valence-corrected chi connectivity index (χ3v) is 2.96. The van der Waals surface area contributed by atoms with Gasteiger partial charge in [-0.1, -0.05) is 0 Å². The number of nitrogens with zero attached hydrogens (tertiary/aromatic N) is 1. The molecule has 2 aromatic rings. The Labute approximate surface area is 115 Å². The molecule has 0 aliphatic rings. The number of halogens is 2. The van der Waals surface area contributed by atoms with E-state index in [1.54, 1.807) is 24.3 Å². The lowest BCUT2D eigenvalue weighted by molar-refractivity contribution is 0.0995. The van der Waals surface area contributed by atoms with E-state index < -0.39 is 0 Å². The second-order valence-corrected chi connectivity index (χ2v) is 4.92. The van der Waals surface area contributed by atoms with Crippen LogP contribution in [0.2, 0.25) is 0 Å². The summed E-state index contributed by atoms with van der Waals surface area (Å²) in [5, 5.41) is 2.73. The highest BCUT2D eigenvalue weighted by Gasteiger charge is 2.12. The normalized spacial score (nSPS) is 10.3. The molecule has 0 bridgehead atoms. The van der Waals surface area contributed by atoms with Crippen LogP contribution in [0.1, 0.15) is 16.2 Å². The number of aryl methyl sites for hydroxylation is 1. The monoisotopic (exact) mass is 358 g/mol. The third-order valence-electron chi connectivity index (χ3n) is 2.10. The van der Waals surface area contributed by atoms with Gasteiger partial charge in [0.1, 0.15) is 4.60 Å². The summed E-state index contributed by atoms with van der Waals surface area (Å²) in [5.74, 6) is -0.0536. The fourth-order valence-corrected chi connectivity index (χ4v) is 1.99. The molecule has 17 heavy (non-hydrogen) atoms. The van der Waals surface area contributed by atoms with Crippen molar-refractivity contribution in [2.45, 2.75) is 6.92 Å². The molecule has 0 saturated heterocycles. The number of furan rings is 1. The molecule has 0 aliphatic carbocycles. The molecule has 88 valence electrons. The molecule has 0 atom stereocenters. The van der Waals surface area contributed by atoms with Gasteiger partial charge in [0.2, 0.25) is 0 Å². The van der Waals surface area contributed by atoms with Crippen molar-refractivity contribution in [1.29, 1.82) is 0 Å². The largest absolute Gasteiger partial charge is 0.444 e. The Balaban J connectivity index is 2.18. The summed E-state index contributed by atoms with van der Waals surface area (Å²) < 4.78 is 6.41. The van der Waals surface area contributed by atoms with Crippen LogP contribution in [0.3, 0.4) is 0 Å². The van der Waals surface area contributed by atoms with Crippen LogP contribution in [-0.2, 0) is 0 Å². The number of carbonyl (C=O) groups is 1. The summed E-state index contributed by atoms with van der Waals surface area (Å²) >= 11 is 6.41. The summed E-state index contributed by atoms with van der Waals surface area (Å²) in [4.78, 5) is 16.0. The van der Waals surface area contributed by atoms with Crippen molar-refractivity contribution in [1.82, 2.24) is 4.98 Å². The zero-order chi connectivity index (χ0) is 12.4. The second-order valence-electron chi connectivity index (χ2n) is 3.32. The minimum atomic E-state index is -0.303. The standard InChI is InChI=1S/C11H8Br2N2O2/c1-6-7(2-4-9(12)14-6)15-11(16)8-3-5-10(13)17-8/h2-5H,1H3,(H,15,16). The van der Waals surface area contributed by atoms with Gasteiger partial charge in [-0.15, -0.1) is 0 Å². The number of anilines is 1. The SMILES string of the molecule is Cc1nc(Br)ccc1NC(=O)c1ccc(Br)o1. The molecule has 1 amide bonds. The van der Waals surface area contributed by atoms with E-state index in [4.69, 9.17) is 4.42 Å². The van der Waals surface area contributed by atoms with Gasteiger partial charge in [-0.2, -0.15) is 0 Å². The predicted octanol–water partition coefficient (Wildman–Crippen LogP) is 3.76. The lowest BCUT2D eigenvalue weighted by Gasteiger charge is -2.06. The van der Waals surface area contributed by atoms with Gasteiger partial charge in [0, 0.05) is 0 Å². The zero-order valence-corrected chi connectivity index (χ0v) is 12.0. The molecule has 2 heterocycles. The van der Waals surface area contributed by atoms with E-state index in [0.717, 1.165) is 10.3 Å². The number of aromatic nitrogens is 1. The quantitative estimate of drug-likeness (QED) is 0.830. The number of hydrogen-bond acceptors (Lipinski definition) is 3. The van der Waals surface area contributed by atoms with Gasteiger partial charge in [-0.3, -0.25) is 4.79 Å². The summed E-state index contributed by atoms with van der Waals surface area (Å²) in [6.45, 7) is 1.82. The Morgan fingerprint density at radius 1 is 1.29 bits per heavy atom. The van der Waals surface area contributed by atoms with Gasteiger partial charge in [-0.25, -0.2) is 4.98 Å². The van der Waals surface area contributed by atoms with E-state index in [0.29, 0.717) is 10.4 Å². The Hall–Kier alpha value is -1.14. The van der Waals surface area contributed by atoms with E-state index in [1.165, 1.54) is 0 Å². The minimum Gasteiger partial charge on any atom is -0.444 e. The van der Waals surface area contributed by atoms with Gasteiger partial charge in [-0.05, 0) is 63.0 Å². The maximum Gasteiger partial charge on any atom is 0.291 e. The Bertz CT molecular complexity index is 566. The van der Waals surface area contributed by atoms with Crippen molar-refractivity contribution in [2.75, 3.05) is 5.32 Å². The van der Waals surface area contributed by atoms with Crippen molar-refractivity contribution in [2.24, 2.45) is 0 Å². The summed E-state index contributed by atoms with van der Waals surface area (Å²) in [7, 11) is 0. The van der Waals surface area contributed by atoms with E-state index in [-0.39, 0.29) is 11.7 Å². The van der Waals surface area contributed by atoms with Crippen molar-refractivity contribution >= 4 is 43.5 Å². The molecule has 0 spiro atoms. The topological polar surface area (TPSA) is 55.1 Å². The third kappa shape index (κ3) is 2.95. The molecule has 2 aromatic heterocycles. The number of hydrogen-bond donors (Lipinski definition) is 1. The number of amides is 1. The molecular formula is C11H8Br2N2O2. The van der Waals surface area contributed by atoms with E-state index >= 15 is 0 Å². The molecule has 1 N–H and O–H groups in total. The van der Waals surface area contributed by atoms with Crippen LogP contribution in [0.15, 0.2) is 38.0 Å². The molecule has 0 aromatic carbocycles. The van der Waals surface area contributed by atoms with Crippen LogP contribution in [0.4, 0.5) is 5.69 Å². The van der Waals surface area contributed by atoms with Crippen molar-refractivity contribution in [3.05, 3.63) is 45.0 Å². The first-order valence-electron chi connectivity index (χ1n) is 4.76. The van der Waals surface area contributed by atoms with E-state index in [2.05, 4.69) is 42.2 Å². The number of nitrogens with one attached hydrogen (secondary N) is 1. The Morgan fingerprint density at radius 2 is 2.06 bits per heavy atom. The van der Waals surface area contributed by atoms with Crippen molar-refractivity contribution < 1.29 is 9.21 Å². The van der Waals surface area contributed by atoms with Crippen LogP contribution in [-0.4, -0.2) is 10.9 Å². The number of rotatable bonds is 2. The van der Waals surface area contributed by atoms with E-state index in [1.807, 2.05) is 6.92 Å². The van der Waals surface area contributed by atoms with Crippen LogP contribution in [0.25, 0.3) is 0 Å². The van der Waals surface area contributed by atoms with Crippen LogP contribution in [0, 0.1) is 6.92 Å². The lowest BCUT2D eigenvalue weighted by atomic mass is 10.3. The second kappa shape index (κ2) is 5.01. The summed E-state index contributed by atoms with van der Waals surface area (Å²) in [6, 6.07) is 6.81. The van der Waals surface area contributed by atoms with Crippen LogP contribution < -0.4 is 5.32 Å². The molecule has 0 saturated carbocycles. The van der Waals surface area contributed by atoms with Gasteiger partial charge in [0.15, 0.2) is 10.4 Å². The molecule has 6 heteroatoms. The zero-order valence-electron chi connectivity index (χ0n) is 8.83. The first-order chi connectivity index (χ1) is 8.06. The molecule has 4 nitrogen and oxygen atoms in total. The first kappa shape index (κ1) is 12.3. The average molecular weight is 360 g/mol. The fourth-order valence-electron chi connectivity index (χ4n) is 1.28. The van der Waals surface area contributed by atoms with Crippen LogP contribution >= 0.6 is 31.9 Å². The van der Waals surface area contributed by atoms with Gasteiger partial charge in [0.05, 0.1) is 11.4 Å². The lowest BCUT2D eigenvalue weighted by Crippen LogP contribution is -2.12. The highest BCUT2D eigenvalue weighted by molar-refractivity contribution is 9.10. The minimum absolute atomic E-state index is 0.249. The smallest absolute Gasteiger partial charge is 0.291 e.